The van der Waals surface area contributed by atoms with E-state index in [0.29, 0.717) is 45.2 Å². The van der Waals surface area contributed by atoms with Crippen LogP contribution >= 0.6 is 0 Å². The number of nitrogens with one attached hydrogen (secondary N) is 4. The normalized spacial score (nSPS) is 16.9. The van der Waals surface area contributed by atoms with Gasteiger partial charge in [0.05, 0.1) is 6.04 Å². The van der Waals surface area contributed by atoms with Crippen molar-refractivity contribution in [1.82, 2.24) is 25.8 Å². The molecule has 0 bridgehead atoms. The summed E-state index contributed by atoms with van der Waals surface area (Å²) in [6.07, 6.45) is 4.79. The summed E-state index contributed by atoms with van der Waals surface area (Å²) in [5.41, 5.74) is 24.0. The lowest BCUT2D eigenvalue weighted by Gasteiger charge is -2.28. The SMILES string of the molecule is C[C@H](NC(=O)[C@H](Cc1c[nH]c2ccccc12)NC(=O)[C@H](CCCCN)NC(=O)[C@@H](N)CCCN=C(N)N)C(=O)N1CCC[C@H]1C(=O)O. The second-order valence-electron chi connectivity index (χ2n) is 11.8. The lowest BCUT2D eigenvalue weighted by atomic mass is 10.0. The number of aromatic amines is 1. The highest BCUT2D eigenvalue weighted by molar-refractivity contribution is 5.96. The molecule has 258 valence electrons. The first-order valence-electron chi connectivity index (χ1n) is 15.9. The van der Waals surface area contributed by atoms with Crippen molar-refractivity contribution in [1.29, 1.82) is 0 Å². The summed E-state index contributed by atoms with van der Waals surface area (Å²) < 4.78 is 0. The van der Waals surface area contributed by atoms with Crippen LogP contribution in [0.15, 0.2) is 35.5 Å². The van der Waals surface area contributed by atoms with Gasteiger partial charge in [0, 0.05) is 36.6 Å². The number of fused-ring (bicyclic) bond motifs is 1. The number of guanidine groups is 1. The standard InChI is InChI=1S/C31H48N10O6/c1-18(29(45)41-15-7-12-25(41)30(46)47)38-28(44)24(16-19-17-37-22-10-3-2-8-20(19)22)40-27(43)23(11-4-5-13-32)39-26(42)21(33)9-6-14-36-31(34)35/h2-3,8,10,17-18,21,23-25,37H,4-7,9,11-16,32-33H2,1H3,(H,38,44)(H,39,42)(H,40,43)(H,46,47)(H4,34,35,36)/t18-,21-,23-,24-,25-/m0/s1. The van der Waals surface area contributed by atoms with Gasteiger partial charge in [-0.15, -0.1) is 0 Å². The van der Waals surface area contributed by atoms with Crippen LogP contribution in [0.5, 0.6) is 0 Å². The molecule has 1 fully saturated rings. The molecule has 16 nitrogen and oxygen atoms in total. The number of carboxylic acid groups (broad SMARTS) is 1. The maximum Gasteiger partial charge on any atom is 0.326 e. The number of carboxylic acids is 1. The highest BCUT2D eigenvalue weighted by Crippen LogP contribution is 2.21. The molecule has 0 spiro atoms. The Hall–Kier alpha value is -4.70. The molecule has 0 unspecified atom stereocenters. The highest BCUT2D eigenvalue weighted by Gasteiger charge is 2.37. The van der Waals surface area contributed by atoms with Crippen LogP contribution in [0.25, 0.3) is 10.9 Å². The summed E-state index contributed by atoms with van der Waals surface area (Å²) >= 11 is 0. The lowest BCUT2D eigenvalue weighted by molar-refractivity contribution is -0.149. The average Bonchev–Trinajstić information content (AvgIpc) is 3.69. The molecule has 3 rings (SSSR count). The van der Waals surface area contributed by atoms with Crippen molar-refractivity contribution in [3.05, 3.63) is 36.0 Å². The molecule has 4 amide bonds. The van der Waals surface area contributed by atoms with Crippen molar-refractivity contribution < 1.29 is 29.1 Å². The van der Waals surface area contributed by atoms with E-state index in [1.807, 2.05) is 24.3 Å². The molecule has 0 saturated carbocycles. The first-order valence-corrected chi connectivity index (χ1v) is 15.9. The van der Waals surface area contributed by atoms with Crippen LogP contribution < -0.4 is 38.9 Å². The molecule has 2 heterocycles. The number of nitrogens with two attached hydrogens (primary N) is 4. The number of unbranched alkanes of at least 4 members (excludes halogenated alkanes) is 1. The van der Waals surface area contributed by atoms with Crippen LogP contribution in [0.3, 0.4) is 0 Å². The third-order valence-corrected chi connectivity index (χ3v) is 8.17. The number of rotatable bonds is 18. The smallest absolute Gasteiger partial charge is 0.326 e. The third kappa shape index (κ3) is 10.7. The Morgan fingerprint density at radius 1 is 1.00 bits per heavy atom. The van der Waals surface area contributed by atoms with Gasteiger partial charge in [-0.05, 0) is 70.0 Å². The number of likely N-dealkylation sites (tertiary alicyclic amines) is 1. The zero-order chi connectivity index (χ0) is 34.5. The van der Waals surface area contributed by atoms with Crippen molar-refractivity contribution in [2.45, 2.75) is 88.5 Å². The summed E-state index contributed by atoms with van der Waals surface area (Å²) in [6.45, 7) is 2.44. The van der Waals surface area contributed by atoms with Crippen molar-refractivity contribution in [2.75, 3.05) is 19.6 Å². The highest BCUT2D eigenvalue weighted by atomic mass is 16.4. The molecular formula is C31H48N10O6. The number of nitrogens with zero attached hydrogens (tertiary/aromatic N) is 2. The Kier molecular flexibility index (Phi) is 14.0. The topological polar surface area (TPSA) is 277 Å². The second kappa shape index (κ2) is 17.9. The van der Waals surface area contributed by atoms with Gasteiger partial charge in [0.1, 0.15) is 24.2 Å². The average molecular weight is 657 g/mol. The number of carbonyl (C=O) groups excluding carboxylic acids is 4. The summed E-state index contributed by atoms with van der Waals surface area (Å²) in [5, 5.41) is 18.5. The van der Waals surface area contributed by atoms with Gasteiger partial charge in [0.2, 0.25) is 23.6 Å². The van der Waals surface area contributed by atoms with Gasteiger partial charge in [-0.3, -0.25) is 24.2 Å². The molecule has 1 aromatic heterocycles. The van der Waals surface area contributed by atoms with E-state index in [0.717, 1.165) is 16.5 Å². The van der Waals surface area contributed by atoms with E-state index in [4.69, 9.17) is 22.9 Å². The van der Waals surface area contributed by atoms with E-state index >= 15 is 0 Å². The van der Waals surface area contributed by atoms with E-state index < -0.39 is 59.8 Å². The maximum absolute atomic E-state index is 13.7. The molecular weight excluding hydrogens is 608 g/mol. The molecule has 1 aliphatic rings. The maximum atomic E-state index is 13.7. The Bertz CT molecular complexity index is 1420. The zero-order valence-corrected chi connectivity index (χ0v) is 26.7. The van der Waals surface area contributed by atoms with E-state index in [9.17, 15) is 29.1 Å². The van der Waals surface area contributed by atoms with Gasteiger partial charge in [0.25, 0.3) is 0 Å². The number of benzene rings is 1. The number of hydrogen-bond acceptors (Lipinski definition) is 8. The number of hydrogen-bond donors (Lipinski definition) is 9. The Morgan fingerprint density at radius 3 is 2.40 bits per heavy atom. The number of H-pyrrole nitrogens is 1. The monoisotopic (exact) mass is 656 g/mol. The van der Waals surface area contributed by atoms with E-state index in [2.05, 4.69) is 25.9 Å². The first-order chi connectivity index (χ1) is 22.4. The minimum atomic E-state index is -1.15. The van der Waals surface area contributed by atoms with E-state index in [1.165, 1.54) is 11.8 Å². The van der Waals surface area contributed by atoms with Gasteiger partial charge in [-0.25, -0.2) is 4.79 Å². The molecule has 1 aromatic carbocycles. The number of aliphatic carboxylic acids is 1. The van der Waals surface area contributed by atoms with Crippen molar-refractivity contribution in [2.24, 2.45) is 27.9 Å². The molecule has 5 atom stereocenters. The van der Waals surface area contributed by atoms with Gasteiger partial charge < -0.3 is 53.9 Å². The fourth-order valence-electron chi connectivity index (χ4n) is 5.60. The molecule has 16 heteroatoms. The predicted octanol–water partition coefficient (Wildman–Crippen LogP) is -1.23. The predicted molar refractivity (Wildman–Crippen MR) is 177 cm³/mol. The second-order valence-corrected chi connectivity index (χ2v) is 11.8. The Balaban J connectivity index is 1.78. The van der Waals surface area contributed by atoms with Gasteiger partial charge in [0.15, 0.2) is 5.96 Å². The fraction of sp³-hybridized carbons (Fsp3) is 0.548. The van der Waals surface area contributed by atoms with Crippen molar-refractivity contribution >= 4 is 46.5 Å². The molecule has 2 aromatic rings. The fourth-order valence-corrected chi connectivity index (χ4v) is 5.60. The number of amides is 4. The number of aliphatic imine (C=N–C) groups is 1. The van der Waals surface area contributed by atoms with Crippen LogP contribution in [-0.2, 0) is 30.4 Å². The van der Waals surface area contributed by atoms with Crippen molar-refractivity contribution in [3.63, 3.8) is 0 Å². The first kappa shape index (κ1) is 36.8. The van der Waals surface area contributed by atoms with Crippen LogP contribution in [0.4, 0.5) is 0 Å². The molecule has 1 aliphatic heterocycles. The van der Waals surface area contributed by atoms with Gasteiger partial charge in [-0.1, -0.05) is 18.2 Å². The lowest BCUT2D eigenvalue weighted by Crippen LogP contribution is -2.58. The minimum absolute atomic E-state index is 0.0647. The largest absolute Gasteiger partial charge is 0.480 e. The third-order valence-electron chi connectivity index (χ3n) is 8.17. The minimum Gasteiger partial charge on any atom is -0.480 e. The molecule has 1 saturated heterocycles. The molecule has 13 N–H and O–H groups in total. The number of para-hydroxylation sites is 1. The van der Waals surface area contributed by atoms with Gasteiger partial charge >= 0.3 is 5.97 Å². The zero-order valence-electron chi connectivity index (χ0n) is 26.7. The molecule has 47 heavy (non-hydrogen) atoms. The summed E-state index contributed by atoms with van der Waals surface area (Å²) in [4.78, 5) is 73.5. The molecule has 0 radical (unpaired) electrons. The number of aromatic nitrogens is 1. The summed E-state index contributed by atoms with van der Waals surface area (Å²) in [6, 6.07) is 2.38. The van der Waals surface area contributed by atoms with Crippen molar-refractivity contribution in [3.8, 4) is 0 Å². The van der Waals surface area contributed by atoms with Crippen LogP contribution in [0.2, 0.25) is 0 Å². The van der Waals surface area contributed by atoms with E-state index in [1.54, 1.807) is 6.20 Å². The van der Waals surface area contributed by atoms with Crippen LogP contribution in [0, 0.1) is 0 Å². The summed E-state index contributed by atoms with van der Waals surface area (Å²) in [7, 11) is 0. The Morgan fingerprint density at radius 2 is 1.70 bits per heavy atom. The quantitative estimate of drug-likeness (QED) is 0.0523. The van der Waals surface area contributed by atoms with Gasteiger partial charge in [-0.2, -0.15) is 0 Å². The number of carbonyl (C=O) groups is 5. The molecule has 0 aliphatic carbocycles. The van der Waals surface area contributed by atoms with E-state index in [-0.39, 0.29) is 31.8 Å². The van der Waals surface area contributed by atoms with Crippen LogP contribution in [-0.4, -0.2) is 100 Å². The summed E-state index contributed by atoms with van der Waals surface area (Å²) in [5.74, 6) is -3.48. The van der Waals surface area contributed by atoms with Crippen LogP contribution in [0.1, 0.15) is 57.4 Å². The Labute approximate surface area is 273 Å².